The van der Waals surface area contributed by atoms with Gasteiger partial charge in [0.15, 0.2) is 5.78 Å². The van der Waals surface area contributed by atoms with Crippen LogP contribution in [0.25, 0.3) is 32.9 Å². The van der Waals surface area contributed by atoms with Gasteiger partial charge in [-0.15, -0.1) is 0 Å². The zero-order valence-corrected chi connectivity index (χ0v) is 21.1. The van der Waals surface area contributed by atoms with Gasteiger partial charge in [-0.3, -0.25) is 9.59 Å². The van der Waals surface area contributed by atoms with Gasteiger partial charge in [0.05, 0.1) is 11.0 Å². The van der Waals surface area contributed by atoms with Crippen molar-refractivity contribution in [1.82, 2.24) is 4.57 Å². The van der Waals surface area contributed by atoms with E-state index in [2.05, 4.69) is 16.7 Å². The fraction of sp³-hybridized carbons (Fsp3) is 0.0303. The van der Waals surface area contributed by atoms with Crippen LogP contribution in [-0.2, 0) is 6.54 Å². The van der Waals surface area contributed by atoms with Crippen molar-refractivity contribution >= 4 is 45.1 Å². The maximum Gasteiger partial charge on any atom is 0.249 e. The summed E-state index contributed by atoms with van der Waals surface area (Å²) in [5.41, 5.74) is 12.1. The highest BCUT2D eigenvalue weighted by Crippen LogP contribution is 2.35. The molecular formula is C33H22ClN2O2. The molecule has 6 rings (SSSR count). The molecule has 6 aromatic rings. The number of nitrogens with zero attached hydrogens (tertiary/aromatic N) is 1. The van der Waals surface area contributed by atoms with E-state index in [9.17, 15) is 9.59 Å². The number of rotatable bonds is 6. The first-order valence-electron chi connectivity index (χ1n) is 12.2. The number of amides is 1. The number of fused-ring (bicyclic) bond motifs is 3. The van der Waals surface area contributed by atoms with Crippen LogP contribution >= 0.6 is 11.6 Å². The molecule has 0 spiro atoms. The van der Waals surface area contributed by atoms with Crippen LogP contribution in [0.2, 0.25) is 5.02 Å². The lowest BCUT2D eigenvalue weighted by molar-refractivity contribution is 0.1000. The summed E-state index contributed by atoms with van der Waals surface area (Å²) in [5.74, 6) is -0.530. The van der Waals surface area contributed by atoms with Crippen LogP contribution in [0.15, 0.2) is 109 Å². The molecule has 1 amide bonds. The first kappa shape index (κ1) is 23.7. The molecule has 0 aliphatic carbocycles. The lowest BCUT2D eigenvalue weighted by Gasteiger charge is -2.13. The Morgan fingerprint density at radius 1 is 0.763 bits per heavy atom. The highest BCUT2D eigenvalue weighted by atomic mass is 35.5. The Balaban J connectivity index is 1.57. The summed E-state index contributed by atoms with van der Waals surface area (Å²) in [6.07, 6.45) is 0. The van der Waals surface area contributed by atoms with E-state index in [1.165, 1.54) is 0 Å². The molecular weight excluding hydrogens is 492 g/mol. The van der Waals surface area contributed by atoms with Gasteiger partial charge < -0.3 is 10.3 Å². The number of benzene rings is 5. The number of carbonyl (C=O) groups excluding carboxylic acids is 2. The Hall–Kier alpha value is -4.67. The van der Waals surface area contributed by atoms with E-state index >= 15 is 0 Å². The molecule has 1 aromatic heterocycles. The molecule has 5 aromatic carbocycles. The third kappa shape index (κ3) is 4.15. The Labute approximate surface area is 224 Å². The molecule has 0 bridgehead atoms. The number of carbonyl (C=O) groups is 2. The summed E-state index contributed by atoms with van der Waals surface area (Å²) >= 11 is 6.11. The molecule has 2 N–H and O–H groups in total. The fourth-order valence-corrected chi connectivity index (χ4v) is 5.16. The van der Waals surface area contributed by atoms with E-state index in [1.807, 2.05) is 97.1 Å². The maximum atomic E-state index is 13.4. The molecule has 183 valence electrons. The maximum absolute atomic E-state index is 13.4. The van der Waals surface area contributed by atoms with E-state index in [0.29, 0.717) is 28.3 Å². The normalized spacial score (nSPS) is 11.2. The average molecular weight is 514 g/mol. The number of halogens is 1. The lowest BCUT2D eigenvalue weighted by Crippen LogP contribution is -2.11. The van der Waals surface area contributed by atoms with E-state index in [4.69, 9.17) is 17.3 Å². The van der Waals surface area contributed by atoms with Gasteiger partial charge in [-0.05, 0) is 59.2 Å². The molecule has 1 radical (unpaired) electrons. The summed E-state index contributed by atoms with van der Waals surface area (Å²) in [7, 11) is 0. The van der Waals surface area contributed by atoms with Crippen molar-refractivity contribution in [3.63, 3.8) is 0 Å². The van der Waals surface area contributed by atoms with Gasteiger partial charge in [0.1, 0.15) is 0 Å². The van der Waals surface area contributed by atoms with Gasteiger partial charge in [-0.2, -0.15) is 0 Å². The van der Waals surface area contributed by atoms with Crippen molar-refractivity contribution in [1.29, 1.82) is 0 Å². The van der Waals surface area contributed by atoms with Crippen molar-refractivity contribution in [3.05, 3.63) is 143 Å². The molecule has 0 saturated heterocycles. The van der Waals surface area contributed by atoms with E-state index in [-0.39, 0.29) is 5.78 Å². The Morgan fingerprint density at radius 2 is 1.47 bits per heavy atom. The standard InChI is InChI=1S/C33H22ClN2O2/c34-25-16-13-21(14-17-25)23-15-18-27-30(19-23)36(29-12-6-11-28(31(27)29)33(35)38)20-24-9-4-5-10-26(24)32(37)22-7-2-1-3-8-22/h1-17,19H,20H2,(H2,35,38). The lowest BCUT2D eigenvalue weighted by atomic mass is 9.98. The van der Waals surface area contributed by atoms with E-state index in [0.717, 1.165) is 38.5 Å². The number of hydrogen-bond acceptors (Lipinski definition) is 2. The summed E-state index contributed by atoms with van der Waals surface area (Å²) in [5, 5.41) is 2.22. The third-order valence-electron chi connectivity index (χ3n) is 6.86. The number of hydrogen-bond donors (Lipinski definition) is 1. The van der Waals surface area contributed by atoms with Gasteiger partial charge in [-0.25, -0.2) is 0 Å². The molecule has 0 atom stereocenters. The second kappa shape index (κ2) is 9.66. The second-order valence-electron chi connectivity index (χ2n) is 9.16. The fourth-order valence-electron chi connectivity index (χ4n) is 5.04. The molecule has 4 nitrogen and oxygen atoms in total. The zero-order chi connectivity index (χ0) is 26.2. The number of nitrogens with two attached hydrogens (primary N) is 1. The van der Waals surface area contributed by atoms with Crippen LogP contribution in [0.1, 0.15) is 31.8 Å². The van der Waals surface area contributed by atoms with E-state index in [1.54, 1.807) is 6.07 Å². The molecule has 0 unspecified atom stereocenters. The quantitative estimate of drug-likeness (QED) is 0.237. The second-order valence-corrected chi connectivity index (χ2v) is 9.59. The molecule has 1 heterocycles. The molecule has 38 heavy (non-hydrogen) atoms. The van der Waals surface area contributed by atoms with Crippen LogP contribution in [0.5, 0.6) is 0 Å². The predicted molar refractivity (Wildman–Crippen MR) is 153 cm³/mol. The minimum absolute atomic E-state index is 0.0341. The summed E-state index contributed by atoms with van der Waals surface area (Å²) in [6.45, 7) is 0.425. The smallest absolute Gasteiger partial charge is 0.249 e. The molecule has 0 aliphatic rings. The minimum atomic E-state index is -0.496. The highest BCUT2D eigenvalue weighted by molar-refractivity contribution is 6.30. The topological polar surface area (TPSA) is 65.1 Å². The molecule has 0 saturated carbocycles. The van der Waals surface area contributed by atoms with Crippen LogP contribution in [-0.4, -0.2) is 16.3 Å². The van der Waals surface area contributed by atoms with Gasteiger partial charge >= 0.3 is 0 Å². The Morgan fingerprint density at radius 3 is 2.24 bits per heavy atom. The van der Waals surface area contributed by atoms with Crippen LogP contribution < -0.4 is 5.73 Å². The van der Waals surface area contributed by atoms with Crippen molar-refractivity contribution < 1.29 is 9.59 Å². The average Bonchev–Trinajstić information content (AvgIpc) is 3.26. The molecule has 0 fully saturated rings. The van der Waals surface area contributed by atoms with Gasteiger partial charge in [0, 0.05) is 39.0 Å². The van der Waals surface area contributed by atoms with Gasteiger partial charge in [-0.1, -0.05) is 84.4 Å². The van der Waals surface area contributed by atoms with Crippen molar-refractivity contribution in [2.24, 2.45) is 5.73 Å². The van der Waals surface area contributed by atoms with Gasteiger partial charge in [0.25, 0.3) is 0 Å². The number of aromatic nitrogens is 1. The number of ketones is 1. The highest BCUT2D eigenvalue weighted by Gasteiger charge is 2.20. The first-order chi connectivity index (χ1) is 18.5. The third-order valence-corrected chi connectivity index (χ3v) is 7.12. The van der Waals surface area contributed by atoms with Gasteiger partial charge in [0.2, 0.25) is 5.91 Å². The zero-order valence-electron chi connectivity index (χ0n) is 20.3. The summed E-state index contributed by atoms with van der Waals surface area (Å²) in [6, 6.07) is 37.5. The van der Waals surface area contributed by atoms with Crippen LogP contribution in [0, 0.1) is 6.07 Å². The SMILES string of the molecule is NC(=O)c1cccc2c1c1[c]cc(-c3ccc(Cl)cc3)cc1n2Cc1ccccc1C(=O)c1ccccc1. The van der Waals surface area contributed by atoms with Crippen molar-refractivity contribution in [2.75, 3.05) is 0 Å². The van der Waals surface area contributed by atoms with E-state index < -0.39 is 5.91 Å². The molecule has 0 aliphatic heterocycles. The first-order valence-corrected chi connectivity index (χ1v) is 12.6. The molecule has 5 heteroatoms. The van der Waals surface area contributed by atoms with Crippen molar-refractivity contribution in [2.45, 2.75) is 6.54 Å². The Kier molecular flexibility index (Phi) is 6.02. The largest absolute Gasteiger partial charge is 0.366 e. The summed E-state index contributed by atoms with van der Waals surface area (Å²) < 4.78 is 2.13. The van der Waals surface area contributed by atoms with Crippen LogP contribution in [0.4, 0.5) is 0 Å². The number of primary amides is 1. The predicted octanol–water partition coefficient (Wildman–Crippen LogP) is 7.29. The van der Waals surface area contributed by atoms with Crippen LogP contribution in [0.3, 0.4) is 0 Å². The monoisotopic (exact) mass is 513 g/mol. The minimum Gasteiger partial charge on any atom is -0.366 e. The van der Waals surface area contributed by atoms with Crippen molar-refractivity contribution in [3.8, 4) is 11.1 Å². The summed E-state index contributed by atoms with van der Waals surface area (Å²) in [4.78, 5) is 25.8. The Bertz CT molecular complexity index is 1840.